The topological polar surface area (TPSA) is 49.4 Å². The van der Waals surface area contributed by atoms with Gasteiger partial charge in [-0.05, 0) is 23.8 Å². The Morgan fingerprint density at radius 2 is 1.83 bits per heavy atom. The minimum Gasteiger partial charge on any atom is -0.350 e. The summed E-state index contributed by atoms with van der Waals surface area (Å²) in [5.74, 6) is -0.153. The maximum Gasteiger partial charge on any atom is 0.251 e. The zero-order chi connectivity index (χ0) is 16.7. The van der Waals surface area contributed by atoms with Crippen molar-refractivity contribution in [3.8, 4) is 0 Å². The van der Waals surface area contributed by atoms with Crippen molar-refractivity contribution < 1.29 is 9.59 Å². The SMILES string of the molecule is CC(=O)N(CCNC(=O)c1cccc(Br)c1)Cc1ccccc1. The summed E-state index contributed by atoms with van der Waals surface area (Å²) in [5.41, 5.74) is 1.66. The molecular formula is C18H19BrN2O2. The van der Waals surface area contributed by atoms with Crippen LogP contribution in [0.1, 0.15) is 22.8 Å². The molecule has 4 nitrogen and oxygen atoms in total. The largest absolute Gasteiger partial charge is 0.350 e. The molecule has 0 radical (unpaired) electrons. The normalized spacial score (nSPS) is 10.2. The summed E-state index contributed by atoms with van der Waals surface area (Å²) in [6.45, 7) is 2.98. The molecule has 0 saturated heterocycles. The van der Waals surface area contributed by atoms with Crippen molar-refractivity contribution in [1.82, 2.24) is 10.2 Å². The third-order valence-electron chi connectivity index (χ3n) is 3.42. The average molecular weight is 375 g/mol. The Morgan fingerprint density at radius 1 is 1.09 bits per heavy atom. The van der Waals surface area contributed by atoms with E-state index < -0.39 is 0 Å². The Kier molecular flexibility index (Phi) is 6.35. The molecule has 5 heteroatoms. The van der Waals surface area contributed by atoms with Gasteiger partial charge in [0.2, 0.25) is 5.91 Å². The number of carbonyl (C=O) groups excluding carboxylic acids is 2. The minimum atomic E-state index is -0.144. The Labute approximate surface area is 144 Å². The highest BCUT2D eigenvalue weighted by Crippen LogP contribution is 2.11. The second-order valence-corrected chi connectivity index (χ2v) is 6.11. The minimum absolute atomic E-state index is 0.00874. The first-order valence-corrected chi connectivity index (χ1v) is 8.19. The lowest BCUT2D eigenvalue weighted by atomic mass is 10.2. The summed E-state index contributed by atoms with van der Waals surface area (Å²) in [6.07, 6.45) is 0. The molecule has 0 atom stereocenters. The van der Waals surface area contributed by atoms with Crippen LogP contribution in [0, 0.1) is 0 Å². The molecule has 0 aliphatic heterocycles. The maximum atomic E-state index is 12.1. The second kappa shape index (κ2) is 8.48. The summed E-state index contributed by atoms with van der Waals surface area (Å²) in [6, 6.07) is 17.0. The molecule has 0 saturated carbocycles. The number of nitrogens with zero attached hydrogens (tertiary/aromatic N) is 1. The highest BCUT2D eigenvalue weighted by molar-refractivity contribution is 9.10. The highest BCUT2D eigenvalue weighted by Gasteiger charge is 2.10. The first-order chi connectivity index (χ1) is 11.1. The Balaban J connectivity index is 1.87. The molecule has 2 aromatic carbocycles. The zero-order valence-electron chi connectivity index (χ0n) is 13.0. The lowest BCUT2D eigenvalue weighted by Gasteiger charge is -2.21. The lowest BCUT2D eigenvalue weighted by molar-refractivity contribution is -0.129. The van der Waals surface area contributed by atoms with Crippen LogP contribution in [0.3, 0.4) is 0 Å². The first-order valence-electron chi connectivity index (χ1n) is 7.39. The van der Waals surface area contributed by atoms with Crippen molar-refractivity contribution in [3.63, 3.8) is 0 Å². The van der Waals surface area contributed by atoms with Gasteiger partial charge in [0.25, 0.3) is 5.91 Å². The molecule has 0 spiro atoms. The van der Waals surface area contributed by atoms with E-state index in [1.54, 1.807) is 24.0 Å². The van der Waals surface area contributed by atoms with E-state index in [0.717, 1.165) is 10.0 Å². The van der Waals surface area contributed by atoms with E-state index in [1.807, 2.05) is 42.5 Å². The summed E-state index contributed by atoms with van der Waals surface area (Å²) in [5, 5.41) is 2.84. The molecule has 2 aromatic rings. The summed E-state index contributed by atoms with van der Waals surface area (Å²) in [4.78, 5) is 25.5. The molecule has 120 valence electrons. The molecule has 23 heavy (non-hydrogen) atoms. The fourth-order valence-corrected chi connectivity index (χ4v) is 2.59. The van der Waals surface area contributed by atoms with Crippen LogP contribution in [0.2, 0.25) is 0 Å². The smallest absolute Gasteiger partial charge is 0.251 e. The van der Waals surface area contributed by atoms with Gasteiger partial charge < -0.3 is 10.2 Å². The van der Waals surface area contributed by atoms with Crippen molar-refractivity contribution in [2.75, 3.05) is 13.1 Å². The molecule has 2 rings (SSSR count). The Bertz CT molecular complexity index is 674. The van der Waals surface area contributed by atoms with Crippen molar-refractivity contribution in [2.24, 2.45) is 0 Å². The molecule has 0 fully saturated rings. The molecule has 2 amide bonds. The lowest BCUT2D eigenvalue weighted by Crippen LogP contribution is -2.37. The molecule has 0 aromatic heterocycles. The van der Waals surface area contributed by atoms with Gasteiger partial charge in [-0.25, -0.2) is 0 Å². The number of nitrogens with one attached hydrogen (secondary N) is 1. The van der Waals surface area contributed by atoms with Crippen molar-refractivity contribution >= 4 is 27.7 Å². The van der Waals surface area contributed by atoms with Gasteiger partial charge in [-0.1, -0.05) is 52.3 Å². The monoisotopic (exact) mass is 374 g/mol. The fourth-order valence-electron chi connectivity index (χ4n) is 2.19. The quantitative estimate of drug-likeness (QED) is 0.843. The van der Waals surface area contributed by atoms with Crippen molar-refractivity contribution in [1.29, 1.82) is 0 Å². The van der Waals surface area contributed by atoms with Gasteiger partial charge in [0, 0.05) is 36.6 Å². The van der Waals surface area contributed by atoms with Crippen LogP contribution in [0.4, 0.5) is 0 Å². The van der Waals surface area contributed by atoms with Gasteiger partial charge >= 0.3 is 0 Å². The van der Waals surface area contributed by atoms with Crippen LogP contribution >= 0.6 is 15.9 Å². The molecule has 0 heterocycles. The number of benzene rings is 2. The summed E-state index contributed by atoms with van der Waals surface area (Å²) >= 11 is 3.35. The second-order valence-electron chi connectivity index (χ2n) is 5.19. The van der Waals surface area contributed by atoms with Crippen LogP contribution < -0.4 is 5.32 Å². The third kappa shape index (κ3) is 5.53. The van der Waals surface area contributed by atoms with E-state index >= 15 is 0 Å². The summed E-state index contributed by atoms with van der Waals surface area (Å²) < 4.78 is 0.861. The van der Waals surface area contributed by atoms with E-state index in [2.05, 4.69) is 21.2 Å². The van der Waals surface area contributed by atoms with Crippen LogP contribution in [-0.4, -0.2) is 29.8 Å². The van der Waals surface area contributed by atoms with E-state index in [-0.39, 0.29) is 11.8 Å². The van der Waals surface area contributed by atoms with E-state index in [4.69, 9.17) is 0 Å². The molecule has 0 aliphatic carbocycles. The van der Waals surface area contributed by atoms with Gasteiger partial charge in [0.05, 0.1) is 0 Å². The van der Waals surface area contributed by atoms with Gasteiger partial charge in [0.1, 0.15) is 0 Å². The average Bonchev–Trinajstić information content (AvgIpc) is 2.54. The number of amides is 2. The van der Waals surface area contributed by atoms with Crippen molar-refractivity contribution in [3.05, 3.63) is 70.2 Å². The Morgan fingerprint density at radius 3 is 2.48 bits per heavy atom. The molecular weight excluding hydrogens is 356 g/mol. The number of hydrogen-bond donors (Lipinski definition) is 1. The van der Waals surface area contributed by atoms with Crippen LogP contribution in [-0.2, 0) is 11.3 Å². The summed E-state index contributed by atoms with van der Waals surface area (Å²) in [7, 11) is 0. The number of carbonyl (C=O) groups is 2. The van der Waals surface area contributed by atoms with E-state index in [9.17, 15) is 9.59 Å². The van der Waals surface area contributed by atoms with E-state index in [1.165, 1.54) is 0 Å². The standard InChI is InChI=1S/C18H19BrN2O2/c1-14(22)21(13-15-6-3-2-4-7-15)11-10-20-18(23)16-8-5-9-17(19)12-16/h2-9,12H,10-11,13H2,1H3,(H,20,23). The predicted octanol–water partition coefficient (Wildman–Crippen LogP) is 3.23. The van der Waals surface area contributed by atoms with Crippen LogP contribution in [0.15, 0.2) is 59.1 Å². The predicted molar refractivity (Wildman–Crippen MR) is 94.0 cm³/mol. The first kappa shape index (κ1) is 17.2. The fraction of sp³-hybridized carbons (Fsp3) is 0.222. The maximum absolute atomic E-state index is 12.1. The molecule has 0 unspecified atom stereocenters. The van der Waals surface area contributed by atoms with Crippen LogP contribution in [0.5, 0.6) is 0 Å². The number of rotatable bonds is 6. The van der Waals surface area contributed by atoms with Crippen LogP contribution in [0.25, 0.3) is 0 Å². The van der Waals surface area contributed by atoms with Gasteiger partial charge in [-0.2, -0.15) is 0 Å². The van der Waals surface area contributed by atoms with Crippen molar-refractivity contribution in [2.45, 2.75) is 13.5 Å². The van der Waals surface area contributed by atoms with Gasteiger partial charge in [0.15, 0.2) is 0 Å². The zero-order valence-corrected chi connectivity index (χ0v) is 14.5. The Hall–Kier alpha value is -2.14. The number of halogens is 1. The molecule has 1 N–H and O–H groups in total. The molecule has 0 bridgehead atoms. The third-order valence-corrected chi connectivity index (χ3v) is 3.91. The van der Waals surface area contributed by atoms with E-state index in [0.29, 0.717) is 25.2 Å². The highest BCUT2D eigenvalue weighted by atomic mass is 79.9. The van der Waals surface area contributed by atoms with Gasteiger partial charge in [-0.3, -0.25) is 9.59 Å². The number of hydrogen-bond acceptors (Lipinski definition) is 2. The molecule has 0 aliphatic rings. The van der Waals surface area contributed by atoms with Gasteiger partial charge in [-0.15, -0.1) is 0 Å².